The molecular formula is C27H28N4O2. The molecule has 6 heteroatoms. The molecule has 7 rings (SSSR count). The molecule has 1 aromatic heterocycles. The molecule has 2 bridgehead atoms. The molecule has 168 valence electrons. The van der Waals surface area contributed by atoms with Gasteiger partial charge in [-0.15, -0.1) is 10.2 Å². The van der Waals surface area contributed by atoms with Gasteiger partial charge in [-0.3, -0.25) is 4.79 Å². The number of nitrogens with one attached hydrogen (secondary N) is 2. The zero-order chi connectivity index (χ0) is 22.2. The lowest BCUT2D eigenvalue weighted by Gasteiger charge is -2.45. The van der Waals surface area contributed by atoms with Gasteiger partial charge >= 0.3 is 0 Å². The maximum absolute atomic E-state index is 12.5. The first-order valence-electron chi connectivity index (χ1n) is 11.9. The summed E-state index contributed by atoms with van der Waals surface area (Å²) in [4.78, 5) is 12.5. The summed E-state index contributed by atoms with van der Waals surface area (Å²) in [5, 5.41) is 15.0. The Kier molecular flexibility index (Phi) is 5.30. The number of nitrogens with zero attached hydrogens (tertiary/aromatic N) is 2. The lowest BCUT2D eigenvalue weighted by molar-refractivity contribution is 0.0693. The third-order valence-corrected chi connectivity index (χ3v) is 7.42. The summed E-state index contributed by atoms with van der Waals surface area (Å²) in [5.41, 5.74) is 6.25. The standard InChI is InChI=1S/C27H28N4O2/c32-27(29-18-11-13-33-14-12-18)24-9-10-25(31-30-24)28-16-17-15-23-19-5-1-3-7-21(19)26(17)22-8-4-2-6-20(22)23/h1-10,17-18,23,26H,11-16H2,(H,28,31)(H,29,32). The second-order valence-corrected chi connectivity index (χ2v) is 9.33. The van der Waals surface area contributed by atoms with Gasteiger partial charge < -0.3 is 15.4 Å². The van der Waals surface area contributed by atoms with Crippen LogP contribution in [0.2, 0.25) is 0 Å². The molecule has 2 aromatic carbocycles. The van der Waals surface area contributed by atoms with Gasteiger partial charge in [-0.1, -0.05) is 48.5 Å². The average Bonchev–Trinajstić information content (AvgIpc) is 2.88. The summed E-state index contributed by atoms with van der Waals surface area (Å²) in [6, 6.07) is 21.6. The number of hydrogen-bond donors (Lipinski definition) is 2. The molecular weight excluding hydrogens is 412 g/mol. The Labute approximate surface area is 193 Å². The third-order valence-electron chi connectivity index (χ3n) is 7.42. The molecule has 3 aliphatic carbocycles. The van der Waals surface area contributed by atoms with E-state index in [1.165, 1.54) is 22.3 Å². The smallest absolute Gasteiger partial charge is 0.272 e. The zero-order valence-electron chi connectivity index (χ0n) is 18.5. The quantitative estimate of drug-likeness (QED) is 0.625. The van der Waals surface area contributed by atoms with Crippen molar-refractivity contribution < 1.29 is 9.53 Å². The predicted molar refractivity (Wildman–Crippen MR) is 127 cm³/mol. The van der Waals surface area contributed by atoms with Gasteiger partial charge in [0.25, 0.3) is 5.91 Å². The van der Waals surface area contributed by atoms with E-state index in [9.17, 15) is 4.79 Å². The van der Waals surface area contributed by atoms with E-state index in [0.29, 0.717) is 42.5 Å². The summed E-state index contributed by atoms with van der Waals surface area (Å²) < 4.78 is 5.35. The van der Waals surface area contributed by atoms with Gasteiger partial charge in [0.2, 0.25) is 0 Å². The first-order chi connectivity index (χ1) is 16.3. The Morgan fingerprint density at radius 3 is 2.18 bits per heavy atom. The molecule has 1 amide bonds. The zero-order valence-corrected chi connectivity index (χ0v) is 18.5. The van der Waals surface area contributed by atoms with Gasteiger partial charge in [0.05, 0.1) is 0 Å². The maximum Gasteiger partial charge on any atom is 0.272 e. The molecule has 1 unspecified atom stereocenters. The number of amides is 1. The molecule has 3 aromatic rings. The van der Waals surface area contributed by atoms with Crippen LogP contribution < -0.4 is 10.6 Å². The van der Waals surface area contributed by atoms with Crippen LogP contribution in [0.5, 0.6) is 0 Å². The number of anilines is 1. The Bertz CT molecular complexity index is 1110. The van der Waals surface area contributed by atoms with Crippen LogP contribution in [0.1, 0.15) is 63.8 Å². The monoisotopic (exact) mass is 440 g/mol. The van der Waals surface area contributed by atoms with Crippen LogP contribution in [0.4, 0.5) is 5.82 Å². The summed E-state index contributed by atoms with van der Waals surface area (Å²) >= 11 is 0. The minimum atomic E-state index is -0.168. The van der Waals surface area contributed by atoms with E-state index in [4.69, 9.17) is 4.74 Å². The SMILES string of the molecule is O=C(NC1CCOCC1)c1ccc(NCC2CC3c4ccccc4C2c2ccccc23)nn1. The number of hydrogen-bond acceptors (Lipinski definition) is 5. The van der Waals surface area contributed by atoms with Gasteiger partial charge in [-0.25, -0.2) is 0 Å². The Morgan fingerprint density at radius 2 is 1.55 bits per heavy atom. The van der Waals surface area contributed by atoms with Crippen molar-refractivity contribution >= 4 is 11.7 Å². The van der Waals surface area contributed by atoms with Crippen molar-refractivity contribution in [2.45, 2.75) is 37.1 Å². The molecule has 0 saturated carbocycles. The summed E-state index contributed by atoms with van der Waals surface area (Å²) in [7, 11) is 0. The molecule has 0 radical (unpaired) electrons. The normalized spacial score (nSPS) is 23.5. The van der Waals surface area contributed by atoms with Gasteiger partial charge in [0.15, 0.2) is 5.69 Å². The van der Waals surface area contributed by atoms with Gasteiger partial charge in [0.1, 0.15) is 5.82 Å². The van der Waals surface area contributed by atoms with E-state index in [-0.39, 0.29) is 11.9 Å². The minimum Gasteiger partial charge on any atom is -0.381 e. The van der Waals surface area contributed by atoms with Crippen LogP contribution in [0, 0.1) is 5.92 Å². The van der Waals surface area contributed by atoms with Crippen LogP contribution in [-0.4, -0.2) is 41.9 Å². The number of carbonyl (C=O) groups excluding carboxylic acids is 1. The van der Waals surface area contributed by atoms with E-state index < -0.39 is 0 Å². The highest BCUT2D eigenvalue weighted by Gasteiger charge is 2.42. The Morgan fingerprint density at radius 1 is 0.879 bits per heavy atom. The van der Waals surface area contributed by atoms with Crippen molar-refractivity contribution in [1.29, 1.82) is 0 Å². The van der Waals surface area contributed by atoms with Gasteiger partial charge in [0, 0.05) is 37.6 Å². The van der Waals surface area contributed by atoms with Crippen LogP contribution in [0.3, 0.4) is 0 Å². The third kappa shape index (κ3) is 3.78. The van der Waals surface area contributed by atoms with Crippen LogP contribution in [0.25, 0.3) is 0 Å². The minimum absolute atomic E-state index is 0.151. The van der Waals surface area contributed by atoms with Crippen LogP contribution in [0.15, 0.2) is 60.7 Å². The molecule has 1 fully saturated rings. The highest BCUT2D eigenvalue weighted by atomic mass is 16.5. The lowest BCUT2D eigenvalue weighted by Crippen LogP contribution is -2.39. The number of carbonyl (C=O) groups is 1. The van der Waals surface area contributed by atoms with Crippen molar-refractivity contribution in [3.63, 3.8) is 0 Å². The molecule has 1 aliphatic heterocycles. The van der Waals surface area contributed by atoms with E-state index in [1.807, 2.05) is 6.07 Å². The Hall–Kier alpha value is -3.25. The van der Waals surface area contributed by atoms with Gasteiger partial charge in [-0.2, -0.15) is 0 Å². The molecule has 1 atom stereocenters. The van der Waals surface area contributed by atoms with Gasteiger partial charge in [-0.05, 0) is 59.6 Å². The summed E-state index contributed by atoms with van der Waals surface area (Å²) in [5.74, 6) is 1.88. The van der Waals surface area contributed by atoms with E-state index in [1.54, 1.807) is 6.07 Å². The first kappa shape index (κ1) is 20.4. The Balaban J connectivity index is 1.14. The second-order valence-electron chi connectivity index (χ2n) is 9.33. The lowest BCUT2D eigenvalue weighted by atomic mass is 9.59. The van der Waals surface area contributed by atoms with Crippen molar-refractivity contribution in [2.24, 2.45) is 5.92 Å². The predicted octanol–water partition coefficient (Wildman–Crippen LogP) is 4.09. The van der Waals surface area contributed by atoms with Crippen LogP contribution in [-0.2, 0) is 4.74 Å². The number of aromatic nitrogens is 2. The number of ether oxygens (including phenoxy) is 1. The fourth-order valence-corrected chi connectivity index (χ4v) is 5.84. The summed E-state index contributed by atoms with van der Waals surface area (Å²) in [6.07, 6.45) is 2.81. The second kappa shape index (κ2) is 8.60. The van der Waals surface area contributed by atoms with Crippen molar-refractivity contribution in [3.05, 3.63) is 88.6 Å². The van der Waals surface area contributed by atoms with Crippen LogP contribution >= 0.6 is 0 Å². The molecule has 33 heavy (non-hydrogen) atoms. The topological polar surface area (TPSA) is 76.1 Å². The number of fused-ring (bicyclic) bond motifs is 1. The van der Waals surface area contributed by atoms with E-state index in [0.717, 1.165) is 25.8 Å². The summed E-state index contributed by atoms with van der Waals surface area (Å²) in [6.45, 7) is 2.21. The maximum atomic E-state index is 12.5. The molecule has 1 saturated heterocycles. The fraction of sp³-hybridized carbons (Fsp3) is 0.370. The largest absolute Gasteiger partial charge is 0.381 e. The average molecular weight is 441 g/mol. The van der Waals surface area contributed by atoms with E-state index in [2.05, 4.69) is 69.4 Å². The highest BCUT2D eigenvalue weighted by molar-refractivity contribution is 5.92. The highest BCUT2D eigenvalue weighted by Crippen LogP contribution is 2.55. The van der Waals surface area contributed by atoms with Crippen molar-refractivity contribution in [2.75, 3.05) is 25.1 Å². The molecule has 2 N–H and O–H groups in total. The van der Waals surface area contributed by atoms with Crippen molar-refractivity contribution in [3.8, 4) is 0 Å². The van der Waals surface area contributed by atoms with E-state index >= 15 is 0 Å². The molecule has 4 aliphatic rings. The number of rotatable bonds is 5. The molecule has 2 heterocycles. The van der Waals surface area contributed by atoms with Crippen molar-refractivity contribution in [1.82, 2.24) is 15.5 Å². The molecule has 0 spiro atoms. The first-order valence-corrected chi connectivity index (χ1v) is 11.9. The number of benzene rings is 2. The fourth-order valence-electron chi connectivity index (χ4n) is 5.84. The molecule has 6 nitrogen and oxygen atoms in total.